The van der Waals surface area contributed by atoms with Crippen LogP contribution in [0.1, 0.15) is 17.7 Å². The van der Waals surface area contributed by atoms with Crippen molar-refractivity contribution in [1.29, 1.82) is 0 Å². The van der Waals surface area contributed by atoms with Gasteiger partial charge in [0.25, 0.3) is 5.56 Å². The number of nitrogens with one attached hydrogen (secondary N) is 1. The van der Waals surface area contributed by atoms with Gasteiger partial charge in [0, 0.05) is 54.6 Å². The quantitative estimate of drug-likeness (QED) is 0.569. The Morgan fingerprint density at radius 2 is 2.07 bits per heavy atom. The predicted molar refractivity (Wildman–Crippen MR) is 115 cm³/mol. The number of amides is 1. The van der Waals surface area contributed by atoms with Gasteiger partial charge in [0.2, 0.25) is 5.91 Å². The lowest BCUT2D eigenvalue weighted by Crippen LogP contribution is -2.36. The van der Waals surface area contributed by atoms with Crippen LogP contribution >= 0.6 is 0 Å². The molecule has 0 radical (unpaired) electrons. The second-order valence-electron chi connectivity index (χ2n) is 7.57. The van der Waals surface area contributed by atoms with Crippen LogP contribution in [0.5, 0.6) is 5.75 Å². The van der Waals surface area contributed by atoms with Crippen molar-refractivity contribution < 1.29 is 9.53 Å². The molecule has 0 unspecified atom stereocenters. The first kappa shape index (κ1) is 18.4. The van der Waals surface area contributed by atoms with Gasteiger partial charge < -0.3 is 14.6 Å². The van der Waals surface area contributed by atoms with E-state index >= 15 is 0 Å². The Morgan fingerprint density at radius 3 is 2.93 bits per heavy atom. The van der Waals surface area contributed by atoms with Crippen molar-refractivity contribution >= 4 is 27.7 Å². The van der Waals surface area contributed by atoms with Crippen LogP contribution in [0.4, 0.5) is 0 Å². The molecule has 0 aliphatic carbocycles. The summed E-state index contributed by atoms with van der Waals surface area (Å²) < 4.78 is 6.87. The summed E-state index contributed by atoms with van der Waals surface area (Å²) in [7, 11) is 1.65. The maximum Gasteiger partial charge on any atom is 0.261 e. The molecule has 152 valence electrons. The van der Waals surface area contributed by atoms with Gasteiger partial charge in [-0.25, -0.2) is 4.98 Å². The number of ether oxygens (including phenoxy) is 1. The number of rotatable bonds is 4. The summed E-state index contributed by atoms with van der Waals surface area (Å²) in [6.45, 7) is 1.55. The van der Waals surface area contributed by atoms with Gasteiger partial charge in [-0.1, -0.05) is 12.1 Å². The fourth-order valence-corrected chi connectivity index (χ4v) is 4.17. The summed E-state index contributed by atoms with van der Waals surface area (Å²) in [6, 6.07) is 13.2. The van der Waals surface area contributed by atoms with E-state index < -0.39 is 0 Å². The summed E-state index contributed by atoms with van der Waals surface area (Å²) >= 11 is 0. The lowest BCUT2D eigenvalue weighted by atomic mass is 10.0. The van der Waals surface area contributed by atoms with E-state index in [1.165, 1.54) is 16.6 Å². The van der Waals surface area contributed by atoms with Crippen molar-refractivity contribution in [2.45, 2.75) is 25.9 Å². The van der Waals surface area contributed by atoms with Crippen LogP contribution in [0.2, 0.25) is 0 Å². The van der Waals surface area contributed by atoms with Gasteiger partial charge in [0.15, 0.2) is 0 Å². The van der Waals surface area contributed by atoms with Gasteiger partial charge in [-0.3, -0.25) is 14.2 Å². The van der Waals surface area contributed by atoms with Crippen molar-refractivity contribution in [2.75, 3.05) is 13.7 Å². The standard InChI is InChI=1S/C23H22N4O3/c1-30-15-6-7-20-17(12-15)18-13-26(10-8-21(18)25-20)22(28)9-11-27-14-24-19-5-3-2-4-16(19)23(27)29/h2-7,12,14,25H,8-11,13H2,1H3. The molecule has 7 heteroatoms. The second kappa shape index (κ2) is 7.33. The van der Waals surface area contributed by atoms with Gasteiger partial charge in [-0.15, -0.1) is 0 Å². The molecule has 0 saturated heterocycles. The summed E-state index contributed by atoms with van der Waals surface area (Å²) in [5, 5.41) is 1.67. The molecule has 0 spiro atoms. The van der Waals surface area contributed by atoms with Crippen molar-refractivity contribution in [2.24, 2.45) is 0 Å². The lowest BCUT2D eigenvalue weighted by molar-refractivity contribution is -0.132. The number of fused-ring (bicyclic) bond motifs is 4. The zero-order chi connectivity index (χ0) is 20.7. The third kappa shape index (κ3) is 3.12. The normalized spacial score (nSPS) is 13.6. The summed E-state index contributed by atoms with van der Waals surface area (Å²) in [6.07, 6.45) is 2.58. The number of hydrogen-bond donors (Lipinski definition) is 1. The molecule has 1 aliphatic heterocycles. The average Bonchev–Trinajstić information content (AvgIpc) is 3.15. The highest BCUT2D eigenvalue weighted by molar-refractivity contribution is 5.87. The van der Waals surface area contributed by atoms with E-state index in [9.17, 15) is 9.59 Å². The van der Waals surface area contributed by atoms with Crippen LogP contribution in [0.3, 0.4) is 0 Å². The first-order valence-electron chi connectivity index (χ1n) is 10.0. The van der Waals surface area contributed by atoms with Gasteiger partial charge in [-0.05, 0) is 30.3 Å². The van der Waals surface area contributed by atoms with E-state index in [-0.39, 0.29) is 17.9 Å². The van der Waals surface area contributed by atoms with Gasteiger partial charge >= 0.3 is 0 Å². The zero-order valence-electron chi connectivity index (χ0n) is 16.7. The Balaban J connectivity index is 1.33. The topological polar surface area (TPSA) is 80.2 Å². The number of aromatic amines is 1. The number of H-pyrrole nitrogens is 1. The third-order valence-electron chi connectivity index (χ3n) is 5.83. The van der Waals surface area contributed by atoms with Crippen LogP contribution in [-0.2, 0) is 24.3 Å². The Bertz CT molecular complexity index is 1320. The first-order valence-corrected chi connectivity index (χ1v) is 10.0. The number of aryl methyl sites for hydroxylation is 1. The number of para-hydroxylation sites is 1. The Kier molecular flexibility index (Phi) is 4.50. The molecular weight excluding hydrogens is 380 g/mol. The Morgan fingerprint density at radius 1 is 1.20 bits per heavy atom. The number of carbonyl (C=O) groups is 1. The van der Waals surface area contributed by atoms with Crippen LogP contribution in [0, 0.1) is 0 Å². The number of methoxy groups -OCH3 is 1. The summed E-state index contributed by atoms with van der Waals surface area (Å²) in [4.78, 5) is 35.2. The van der Waals surface area contributed by atoms with Crippen molar-refractivity contribution in [1.82, 2.24) is 19.4 Å². The molecule has 1 amide bonds. The molecule has 1 aliphatic rings. The number of aromatic nitrogens is 3. The average molecular weight is 402 g/mol. The van der Waals surface area contributed by atoms with Crippen LogP contribution in [0.15, 0.2) is 53.6 Å². The molecule has 0 fully saturated rings. The van der Waals surface area contributed by atoms with Crippen molar-refractivity contribution in [3.05, 3.63) is 70.4 Å². The molecule has 4 aromatic rings. The van der Waals surface area contributed by atoms with Gasteiger partial charge in [0.1, 0.15) is 5.75 Å². The van der Waals surface area contributed by atoms with Crippen molar-refractivity contribution in [3.63, 3.8) is 0 Å². The highest BCUT2D eigenvalue weighted by atomic mass is 16.5. The summed E-state index contributed by atoms with van der Waals surface area (Å²) in [5.41, 5.74) is 3.94. The van der Waals surface area contributed by atoms with E-state index in [1.807, 2.05) is 41.3 Å². The van der Waals surface area contributed by atoms with Crippen molar-refractivity contribution in [3.8, 4) is 5.75 Å². The number of carbonyl (C=O) groups excluding carboxylic acids is 1. The Hall–Kier alpha value is -3.61. The van der Waals surface area contributed by atoms with Gasteiger partial charge in [0.05, 0.1) is 24.3 Å². The zero-order valence-corrected chi connectivity index (χ0v) is 16.7. The highest BCUT2D eigenvalue weighted by Crippen LogP contribution is 2.30. The van der Waals surface area contributed by atoms with Gasteiger partial charge in [-0.2, -0.15) is 0 Å². The molecule has 7 nitrogen and oxygen atoms in total. The predicted octanol–water partition coefficient (Wildman–Crippen LogP) is 2.86. The molecule has 5 rings (SSSR count). The molecule has 2 aromatic carbocycles. The van der Waals surface area contributed by atoms with Crippen LogP contribution in [-0.4, -0.2) is 39.0 Å². The Labute approximate surface area is 172 Å². The van der Waals surface area contributed by atoms with E-state index in [1.54, 1.807) is 13.2 Å². The molecule has 0 atom stereocenters. The maximum absolute atomic E-state index is 12.9. The molecule has 0 bridgehead atoms. The number of benzene rings is 2. The maximum atomic E-state index is 12.9. The monoisotopic (exact) mass is 402 g/mol. The third-order valence-corrected chi connectivity index (χ3v) is 5.83. The van der Waals surface area contributed by atoms with E-state index in [2.05, 4.69) is 9.97 Å². The first-order chi connectivity index (χ1) is 14.6. The fourth-order valence-electron chi connectivity index (χ4n) is 4.17. The fraction of sp³-hybridized carbons (Fsp3) is 0.261. The van der Waals surface area contributed by atoms with E-state index in [0.717, 1.165) is 28.6 Å². The largest absolute Gasteiger partial charge is 0.497 e. The molecule has 2 aromatic heterocycles. The SMILES string of the molecule is COc1ccc2[nH]c3c(c2c1)CN(C(=O)CCn1cnc2ccccc2c1=O)CC3. The number of nitrogens with zero attached hydrogens (tertiary/aromatic N) is 3. The minimum absolute atomic E-state index is 0.0398. The molecule has 3 heterocycles. The second-order valence-corrected chi connectivity index (χ2v) is 7.57. The smallest absolute Gasteiger partial charge is 0.261 e. The molecular formula is C23H22N4O3. The van der Waals surface area contributed by atoms with E-state index in [0.29, 0.717) is 30.5 Å². The molecule has 0 saturated carbocycles. The molecule has 30 heavy (non-hydrogen) atoms. The van der Waals surface area contributed by atoms with Crippen LogP contribution < -0.4 is 10.3 Å². The van der Waals surface area contributed by atoms with E-state index in [4.69, 9.17) is 4.74 Å². The lowest BCUT2D eigenvalue weighted by Gasteiger charge is -2.27. The minimum atomic E-state index is -0.113. The number of hydrogen-bond acceptors (Lipinski definition) is 4. The summed E-state index contributed by atoms with van der Waals surface area (Å²) in [5.74, 6) is 0.842. The highest BCUT2D eigenvalue weighted by Gasteiger charge is 2.24. The minimum Gasteiger partial charge on any atom is -0.497 e. The molecule has 1 N–H and O–H groups in total. The van der Waals surface area contributed by atoms with Crippen LogP contribution in [0.25, 0.3) is 21.8 Å².